The lowest BCUT2D eigenvalue weighted by Gasteiger charge is -2.48. The third kappa shape index (κ3) is 8.27. The lowest BCUT2D eigenvalue weighted by molar-refractivity contribution is -0.306. The molecule has 42 heavy (non-hydrogen) atoms. The molecule has 0 aromatic rings. The number of ether oxygens (including phenoxy) is 4. The highest BCUT2D eigenvalue weighted by Gasteiger charge is 2.51. The number of nitrogens with zero attached hydrogens (tertiary/aromatic N) is 2. The Balaban J connectivity index is 1.82. The van der Waals surface area contributed by atoms with Crippen LogP contribution in [0.1, 0.15) is 26.2 Å². The van der Waals surface area contributed by atoms with Crippen LogP contribution in [0.3, 0.4) is 0 Å². The van der Waals surface area contributed by atoms with E-state index in [1.165, 1.54) is 6.92 Å². The second kappa shape index (κ2) is 14.9. The van der Waals surface area contributed by atoms with E-state index in [1.54, 1.807) is 7.05 Å². The van der Waals surface area contributed by atoms with Gasteiger partial charge in [-0.2, -0.15) is 0 Å². The van der Waals surface area contributed by atoms with Crippen LogP contribution in [0, 0.1) is 0 Å². The van der Waals surface area contributed by atoms with Gasteiger partial charge < -0.3 is 72.7 Å². The number of halogens is 2. The number of alkyl halides is 2. The number of hydrogen-bond donors (Lipinski definition) is 10. The Morgan fingerprint density at radius 2 is 1.74 bits per heavy atom. The van der Waals surface area contributed by atoms with Crippen molar-refractivity contribution < 1.29 is 53.3 Å². The Bertz CT molecular complexity index is 937. The molecule has 0 bridgehead atoms. The van der Waals surface area contributed by atoms with E-state index in [0.29, 0.717) is 12.8 Å². The molecule has 0 aromatic heterocycles. The maximum absolute atomic E-state index is 12.7. The summed E-state index contributed by atoms with van der Waals surface area (Å²) >= 11 is 0. The zero-order chi connectivity index (χ0) is 31.4. The number of hydrogen-bond acceptors (Lipinski definition) is 14. The number of aliphatic hydroxyl groups excluding tert-OH is 4. The van der Waals surface area contributed by atoms with E-state index in [1.807, 2.05) is 0 Å². The van der Waals surface area contributed by atoms with Crippen LogP contribution in [0.4, 0.5) is 8.78 Å². The van der Waals surface area contributed by atoms with Crippen molar-refractivity contribution in [2.45, 2.75) is 112 Å². The van der Waals surface area contributed by atoms with Gasteiger partial charge in [0, 0.05) is 6.04 Å². The molecule has 13 unspecified atom stereocenters. The van der Waals surface area contributed by atoms with Gasteiger partial charge in [0.2, 0.25) is 0 Å². The van der Waals surface area contributed by atoms with Gasteiger partial charge in [-0.15, -0.1) is 0 Å². The van der Waals surface area contributed by atoms with Crippen molar-refractivity contribution in [2.24, 2.45) is 32.9 Å². The van der Waals surface area contributed by atoms with Crippen LogP contribution >= 0.6 is 0 Å². The van der Waals surface area contributed by atoms with Crippen LogP contribution in [0.15, 0.2) is 9.98 Å². The van der Waals surface area contributed by atoms with Gasteiger partial charge in [0.1, 0.15) is 42.0 Å². The van der Waals surface area contributed by atoms with Gasteiger partial charge in [-0.25, -0.2) is 8.78 Å². The van der Waals surface area contributed by atoms with Crippen molar-refractivity contribution in [3.05, 3.63) is 0 Å². The Morgan fingerprint density at radius 1 is 1.07 bits per heavy atom. The summed E-state index contributed by atoms with van der Waals surface area (Å²) in [6, 6.07) is -3.38. The van der Waals surface area contributed by atoms with Crippen LogP contribution < -0.4 is 28.3 Å². The van der Waals surface area contributed by atoms with Gasteiger partial charge in [0.15, 0.2) is 18.4 Å². The first-order valence-electron chi connectivity index (χ1n) is 13.7. The first-order chi connectivity index (χ1) is 19.7. The average molecular weight is 614 g/mol. The zero-order valence-corrected chi connectivity index (χ0v) is 23.6. The summed E-state index contributed by atoms with van der Waals surface area (Å²) in [6.07, 6.45) is -12.0. The van der Waals surface area contributed by atoms with Crippen molar-refractivity contribution in [3.8, 4) is 0 Å². The predicted octanol–water partition coefficient (Wildman–Crippen LogP) is -4.56. The molecular formula is C24H45F2N7O9. The third-order valence-corrected chi connectivity index (χ3v) is 7.74. The molecule has 14 N–H and O–H groups in total. The standard InChI is InChI=1S/C24H45F2N7O9/c1-24(38)8-39-23(15(37)18(24)31-2)42-17-12(33-20(29)13(35)7-34)5-11(28)16(14(17)36)41-22-10(27)4-3-9(40-22)6-32-21(30)19(25)26/h9-19,22-23,31,34-38H,3-8,27-28H2,1-2H3,(H2,29,33)(H2,30,32). The van der Waals surface area contributed by atoms with Crippen LogP contribution in [-0.2, 0) is 18.9 Å². The van der Waals surface area contributed by atoms with E-state index < -0.39 is 97.8 Å². The molecule has 13 atom stereocenters. The van der Waals surface area contributed by atoms with Gasteiger partial charge in [-0.05, 0) is 33.2 Å². The number of amidine groups is 2. The monoisotopic (exact) mass is 613 g/mol. The molecular weight excluding hydrogens is 568 g/mol. The van der Waals surface area contributed by atoms with E-state index in [4.69, 9.17) is 41.9 Å². The van der Waals surface area contributed by atoms with E-state index in [9.17, 15) is 34.3 Å². The normalized spacial score (nSPS) is 43.0. The highest BCUT2D eigenvalue weighted by molar-refractivity contribution is 5.85. The number of nitrogens with one attached hydrogen (secondary N) is 1. The summed E-state index contributed by atoms with van der Waals surface area (Å²) in [4.78, 5) is 7.88. The maximum atomic E-state index is 12.7. The Hall–Kier alpha value is -1.68. The highest BCUT2D eigenvalue weighted by atomic mass is 19.3. The second-order valence-corrected chi connectivity index (χ2v) is 11.1. The predicted molar refractivity (Wildman–Crippen MR) is 144 cm³/mol. The van der Waals surface area contributed by atoms with Gasteiger partial charge >= 0.3 is 0 Å². The molecule has 2 heterocycles. The van der Waals surface area contributed by atoms with Crippen molar-refractivity contribution in [1.82, 2.24) is 5.32 Å². The Labute approximate surface area is 242 Å². The topological polar surface area (TPSA) is 279 Å². The van der Waals surface area contributed by atoms with E-state index >= 15 is 0 Å². The van der Waals surface area contributed by atoms with Gasteiger partial charge in [-0.1, -0.05) is 0 Å². The smallest absolute Gasteiger partial charge is 0.294 e. The molecule has 0 aromatic carbocycles. The summed E-state index contributed by atoms with van der Waals surface area (Å²) in [7, 11) is 1.54. The van der Waals surface area contributed by atoms with Crippen molar-refractivity contribution >= 4 is 11.7 Å². The number of rotatable bonds is 11. The quantitative estimate of drug-likeness (QED) is 0.0776. The first-order valence-corrected chi connectivity index (χ1v) is 13.7. The number of nitrogens with two attached hydrogens (primary N) is 4. The molecule has 3 aliphatic rings. The lowest BCUT2D eigenvalue weighted by Crippen LogP contribution is -2.67. The van der Waals surface area contributed by atoms with Crippen molar-refractivity contribution in [2.75, 3.05) is 26.8 Å². The van der Waals surface area contributed by atoms with Crippen molar-refractivity contribution in [3.63, 3.8) is 0 Å². The molecule has 2 saturated heterocycles. The molecule has 16 nitrogen and oxygen atoms in total. The largest absolute Gasteiger partial charge is 0.393 e. The average Bonchev–Trinajstić information content (AvgIpc) is 2.93. The summed E-state index contributed by atoms with van der Waals surface area (Å²) in [5.41, 5.74) is 22.2. The second-order valence-electron chi connectivity index (χ2n) is 11.1. The van der Waals surface area contributed by atoms with Crippen molar-refractivity contribution in [1.29, 1.82) is 0 Å². The van der Waals surface area contributed by atoms with Gasteiger partial charge in [0.05, 0.1) is 44.0 Å². The number of likely N-dealkylation sites (N-methyl/N-ethyl adjacent to an activating group) is 1. The summed E-state index contributed by atoms with van der Waals surface area (Å²) < 4.78 is 48.9. The molecule has 0 spiro atoms. The summed E-state index contributed by atoms with van der Waals surface area (Å²) in [6.45, 7) is 0.406. The molecule has 18 heteroatoms. The molecule has 3 fully saturated rings. The molecule has 1 aliphatic carbocycles. The van der Waals surface area contributed by atoms with E-state index in [0.717, 1.165) is 0 Å². The molecule has 3 rings (SSSR count). The molecule has 2 aliphatic heterocycles. The molecule has 0 amide bonds. The molecule has 1 saturated carbocycles. The van der Waals surface area contributed by atoms with Crippen LogP contribution in [-0.4, -0.2) is 149 Å². The lowest BCUT2D eigenvalue weighted by atomic mass is 9.83. The van der Waals surface area contributed by atoms with Gasteiger partial charge in [0.25, 0.3) is 6.43 Å². The van der Waals surface area contributed by atoms with Crippen LogP contribution in [0.5, 0.6) is 0 Å². The van der Waals surface area contributed by atoms with Crippen LogP contribution in [0.2, 0.25) is 0 Å². The molecule has 0 radical (unpaired) electrons. The summed E-state index contributed by atoms with van der Waals surface area (Å²) in [5, 5.41) is 55.0. The third-order valence-electron chi connectivity index (χ3n) is 7.74. The van der Waals surface area contributed by atoms with Crippen LogP contribution in [0.25, 0.3) is 0 Å². The zero-order valence-electron chi connectivity index (χ0n) is 23.6. The Kier molecular flexibility index (Phi) is 12.3. The fourth-order valence-electron chi connectivity index (χ4n) is 5.36. The maximum Gasteiger partial charge on any atom is 0.294 e. The SMILES string of the molecule is CNC1C(O)C(OC2C(N=C(N)C(O)CO)CC(N)C(OC3OC(CN=C(N)C(F)F)CCC3N)C2O)OCC1(C)O. The summed E-state index contributed by atoms with van der Waals surface area (Å²) in [5.74, 6) is -1.15. The highest BCUT2D eigenvalue weighted by Crippen LogP contribution is 2.33. The number of aliphatic imine (C=N–C) groups is 2. The minimum atomic E-state index is -2.90. The van der Waals surface area contributed by atoms with E-state index in [2.05, 4.69) is 15.3 Å². The van der Waals surface area contributed by atoms with Gasteiger partial charge in [-0.3, -0.25) is 9.98 Å². The Morgan fingerprint density at radius 3 is 2.36 bits per heavy atom. The minimum Gasteiger partial charge on any atom is -0.393 e. The number of aliphatic hydroxyl groups is 5. The minimum absolute atomic E-state index is 0.00182. The fraction of sp³-hybridized carbons (Fsp3) is 0.917. The van der Waals surface area contributed by atoms with E-state index in [-0.39, 0.29) is 25.4 Å². The first kappa shape index (κ1) is 34.8. The molecule has 244 valence electrons. The fourth-order valence-corrected chi connectivity index (χ4v) is 5.36.